The van der Waals surface area contributed by atoms with Crippen LogP contribution in [-0.2, 0) is 16.1 Å². The van der Waals surface area contributed by atoms with E-state index in [-0.39, 0.29) is 25.2 Å². The smallest absolute Gasteiger partial charge is 0.267 e. The van der Waals surface area contributed by atoms with E-state index in [2.05, 4.69) is 5.32 Å². The van der Waals surface area contributed by atoms with Gasteiger partial charge in [0.2, 0.25) is 18.8 Å². The van der Waals surface area contributed by atoms with Crippen LogP contribution < -0.4 is 24.3 Å². The Morgan fingerprint density at radius 2 is 1.66 bits per heavy atom. The minimum absolute atomic E-state index is 0.0527. The van der Waals surface area contributed by atoms with E-state index in [1.54, 1.807) is 11.0 Å². The first kappa shape index (κ1) is 20.4. The Kier molecular flexibility index (Phi) is 5.72. The van der Waals surface area contributed by atoms with Crippen molar-refractivity contribution in [2.75, 3.05) is 46.1 Å². The Hall–Kier alpha value is -3.46. The number of carbonyl (C=O) groups excluding carboxylic acids is 2. The molecule has 1 saturated heterocycles. The second kappa shape index (κ2) is 8.96. The molecule has 168 valence electrons. The highest BCUT2D eigenvalue weighted by atomic mass is 16.7. The topological polar surface area (TPSA) is 89.6 Å². The highest BCUT2D eigenvalue weighted by molar-refractivity contribution is 5.82. The molecule has 3 aliphatic heterocycles. The SMILES string of the molecule is O=C(CN1CCN(C(=O)C2COc3ccccc3O2)CC1)NCc1ccc2c(c1)OCO2. The number of piperazine rings is 1. The van der Waals surface area contributed by atoms with Crippen LogP contribution >= 0.6 is 0 Å². The molecule has 2 amide bonds. The number of hydrogen-bond acceptors (Lipinski definition) is 7. The van der Waals surface area contributed by atoms with Crippen LogP contribution in [-0.4, -0.2) is 73.8 Å². The van der Waals surface area contributed by atoms with Gasteiger partial charge in [-0.25, -0.2) is 0 Å². The molecule has 0 radical (unpaired) electrons. The van der Waals surface area contributed by atoms with Crippen LogP contribution in [0.5, 0.6) is 23.0 Å². The monoisotopic (exact) mass is 439 g/mol. The number of nitrogens with zero attached hydrogens (tertiary/aromatic N) is 2. The lowest BCUT2D eigenvalue weighted by Gasteiger charge is -2.36. The molecular formula is C23H25N3O6. The summed E-state index contributed by atoms with van der Waals surface area (Å²) in [6, 6.07) is 13.0. The van der Waals surface area contributed by atoms with E-state index in [1.807, 2.05) is 41.3 Å². The summed E-state index contributed by atoms with van der Waals surface area (Å²) < 4.78 is 22.2. The highest BCUT2D eigenvalue weighted by Gasteiger charge is 2.32. The maximum atomic E-state index is 12.8. The largest absolute Gasteiger partial charge is 0.485 e. The minimum Gasteiger partial charge on any atom is -0.485 e. The molecular weight excluding hydrogens is 414 g/mol. The van der Waals surface area contributed by atoms with Crippen molar-refractivity contribution in [3.8, 4) is 23.0 Å². The van der Waals surface area contributed by atoms with E-state index in [1.165, 1.54) is 0 Å². The van der Waals surface area contributed by atoms with Gasteiger partial charge in [-0.2, -0.15) is 0 Å². The maximum absolute atomic E-state index is 12.8. The van der Waals surface area contributed by atoms with Crippen molar-refractivity contribution in [3.63, 3.8) is 0 Å². The van der Waals surface area contributed by atoms with E-state index in [4.69, 9.17) is 18.9 Å². The van der Waals surface area contributed by atoms with Crippen LogP contribution in [0.25, 0.3) is 0 Å². The van der Waals surface area contributed by atoms with Gasteiger partial charge in [-0.05, 0) is 29.8 Å². The zero-order chi connectivity index (χ0) is 21.9. The first-order valence-electron chi connectivity index (χ1n) is 10.7. The third-order valence-electron chi connectivity index (χ3n) is 5.76. The lowest BCUT2D eigenvalue weighted by Crippen LogP contribution is -2.55. The summed E-state index contributed by atoms with van der Waals surface area (Å²) in [6.45, 7) is 3.52. The Morgan fingerprint density at radius 3 is 2.50 bits per heavy atom. The number of fused-ring (bicyclic) bond motifs is 2. The minimum atomic E-state index is -0.638. The van der Waals surface area contributed by atoms with E-state index in [9.17, 15) is 9.59 Å². The summed E-state index contributed by atoms with van der Waals surface area (Å²) in [7, 11) is 0. The maximum Gasteiger partial charge on any atom is 0.267 e. The van der Waals surface area contributed by atoms with Crippen molar-refractivity contribution in [3.05, 3.63) is 48.0 Å². The molecule has 0 spiro atoms. The molecule has 2 aromatic rings. The van der Waals surface area contributed by atoms with Crippen molar-refractivity contribution in [1.82, 2.24) is 15.1 Å². The van der Waals surface area contributed by atoms with Crippen molar-refractivity contribution >= 4 is 11.8 Å². The van der Waals surface area contributed by atoms with Crippen LogP contribution in [0.3, 0.4) is 0 Å². The quantitative estimate of drug-likeness (QED) is 0.744. The Labute approximate surface area is 185 Å². The van der Waals surface area contributed by atoms with E-state index in [0.29, 0.717) is 56.5 Å². The average Bonchev–Trinajstić information content (AvgIpc) is 3.30. The number of ether oxygens (including phenoxy) is 4. The molecule has 0 saturated carbocycles. The number of nitrogens with one attached hydrogen (secondary N) is 1. The van der Waals surface area contributed by atoms with Crippen molar-refractivity contribution in [1.29, 1.82) is 0 Å². The number of hydrogen-bond donors (Lipinski definition) is 1. The fourth-order valence-electron chi connectivity index (χ4n) is 3.98. The van der Waals surface area contributed by atoms with Gasteiger partial charge in [0.25, 0.3) is 5.91 Å². The molecule has 0 bridgehead atoms. The van der Waals surface area contributed by atoms with Gasteiger partial charge < -0.3 is 29.2 Å². The molecule has 1 atom stereocenters. The fraction of sp³-hybridized carbons (Fsp3) is 0.391. The van der Waals surface area contributed by atoms with Gasteiger partial charge in [0.1, 0.15) is 6.61 Å². The highest BCUT2D eigenvalue weighted by Crippen LogP contribution is 2.33. The number of amides is 2. The first-order chi connectivity index (χ1) is 15.7. The zero-order valence-corrected chi connectivity index (χ0v) is 17.6. The third-order valence-corrected chi connectivity index (χ3v) is 5.76. The van der Waals surface area contributed by atoms with Gasteiger partial charge in [0.05, 0.1) is 6.54 Å². The zero-order valence-electron chi connectivity index (χ0n) is 17.6. The van der Waals surface area contributed by atoms with Crippen LogP contribution in [0.15, 0.2) is 42.5 Å². The molecule has 0 aliphatic carbocycles. The Bertz CT molecular complexity index is 1000. The van der Waals surface area contributed by atoms with E-state index in [0.717, 1.165) is 11.3 Å². The lowest BCUT2D eigenvalue weighted by molar-refractivity contribution is -0.143. The summed E-state index contributed by atoms with van der Waals surface area (Å²) >= 11 is 0. The number of benzene rings is 2. The van der Waals surface area contributed by atoms with Crippen molar-refractivity contribution < 1.29 is 28.5 Å². The molecule has 9 nitrogen and oxygen atoms in total. The van der Waals surface area contributed by atoms with Gasteiger partial charge in [-0.3, -0.25) is 14.5 Å². The number of para-hydroxylation sites is 2. The van der Waals surface area contributed by atoms with Crippen LogP contribution in [0.4, 0.5) is 0 Å². The standard InChI is InChI=1S/C23H25N3O6/c27-22(24-12-16-5-6-18-20(11-16)31-15-30-18)13-25-7-9-26(10-8-25)23(28)21-14-29-17-3-1-2-4-19(17)32-21/h1-6,11,21H,7-10,12-15H2,(H,24,27). The molecule has 3 aliphatic rings. The van der Waals surface area contributed by atoms with Gasteiger partial charge in [0.15, 0.2) is 23.0 Å². The first-order valence-corrected chi connectivity index (χ1v) is 10.7. The summed E-state index contributed by atoms with van der Waals surface area (Å²) in [5.41, 5.74) is 0.953. The number of carbonyl (C=O) groups is 2. The molecule has 1 fully saturated rings. The summed E-state index contributed by atoms with van der Waals surface area (Å²) in [4.78, 5) is 29.0. The van der Waals surface area contributed by atoms with Gasteiger partial charge >= 0.3 is 0 Å². The van der Waals surface area contributed by atoms with Gasteiger partial charge in [-0.1, -0.05) is 18.2 Å². The Balaban J connectivity index is 1.06. The molecule has 2 aromatic carbocycles. The molecule has 1 N–H and O–H groups in total. The van der Waals surface area contributed by atoms with Crippen molar-refractivity contribution in [2.45, 2.75) is 12.6 Å². The van der Waals surface area contributed by atoms with Gasteiger partial charge in [-0.15, -0.1) is 0 Å². The van der Waals surface area contributed by atoms with E-state index < -0.39 is 6.10 Å². The third kappa shape index (κ3) is 4.43. The molecule has 3 heterocycles. The molecule has 32 heavy (non-hydrogen) atoms. The van der Waals surface area contributed by atoms with E-state index >= 15 is 0 Å². The number of rotatable bonds is 5. The van der Waals surface area contributed by atoms with Crippen LogP contribution in [0.1, 0.15) is 5.56 Å². The predicted octanol–water partition coefficient (Wildman–Crippen LogP) is 1.02. The average molecular weight is 439 g/mol. The van der Waals surface area contributed by atoms with Crippen molar-refractivity contribution in [2.24, 2.45) is 0 Å². The molecule has 1 unspecified atom stereocenters. The summed E-state index contributed by atoms with van der Waals surface area (Å²) in [5.74, 6) is 2.55. The Morgan fingerprint density at radius 1 is 0.906 bits per heavy atom. The molecule has 0 aromatic heterocycles. The predicted molar refractivity (Wildman–Crippen MR) is 114 cm³/mol. The molecule has 9 heteroatoms. The lowest BCUT2D eigenvalue weighted by atomic mass is 10.2. The summed E-state index contributed by atoms with van der Waals surface area (Å²) in [6.07, 6.45) is -0.638. The second-order valence-corrected chi connectivity index (χ2v) is 7.93. The van der Waals surface area contributed by atoms with Gasteiger partial charge in [0, 0.05) is 32.7 Å². The normalized spacial score (nSPS) is 19.5. The summed E-state index contributed by atoms with van der Waals surface area (Å²) in [5, 5.41) is 2.94. The second-order valence-electron chi connectivity index (χ2n) is 7.93. The fourth-order valence-corrected chi connectivity index (χ4v) is 3.98. The molecule has 5 rings (SSSR count). The van der Waals surface area contributed by atoms with Crippen LogP contribution in [0.2, 0.25) is 0 Å². The van der Waals surface area contributed by atoms with Crippen LogP contribution in [0, 0.1) is 0 Å².